The van der Waals surface area contributed by atoms with E-state index in [0.29, 0.717) is 0 Å². The second-order valence-corrected chi connectivity index (χ2v) is 4.78. The molecule has 3 heteroatoms. The lowest BCUT2D eigenvalue weighted by Crippen LogP contribution is -2.05. The molecule has 20 heavy (non-hydrogen) atoms. The van der Waals surface area contributed by atoms with Gasteiger partial charge in [0.15, 0.2) is 0 Å². The lowest BCUT2D eigenvalue weighted by Gasteiger charge is -2.08. The third-order valence-electron chi connectivity index (χ3n) is 3.13. The van der Waals surface area contributed by atoms with Crippen molar-refractivity contribution in [3.8, 4) is 0 Å². The number of hydrogen-bond donors (Lipinski definition) is 2. The molecule has 2 N–H and O–H groups in total. The molecule has 0 heterocycles. The Labute approximate surface area is 120 Å². The zero-order valence-electron chi connectivity index (χ0n) is 11.9. The van der Waals surface area contributed by atoms with Crippen LogP contribution in [0.25, 0.3) is 0 Å². The quantitative estimate of drug-likeness (QED) is 0.865. The number of rotatable bonds is 5. The van der Waals surface area contributed by atoms with E-state index in [1.54, 1.807) is 0 Å². The molecule has 0 unspecified atom stereocenters. The van der Waals surface area contributed by atoms with Gasteiger partial charge in [0.05, 0.1) is 0 Å². The summed E-state index contributed by atoms with van der Waals surface area (Å²) >= 11 is 0. The molecule has 2 rings (SSSR count). The maximum absolute atomic E-state index is 10.9. The van der Waals surface area contributed by atoms with Crippen LogP contribution in [-0.2, 0) is 17.8 Å². The molecule has 0 aromatic heterocycles. The number of benzene rings is 2. The van der Waals surface area contributed by atoms with Gasteiger partial charge in [0.2, 0.25) is 5.91 Å². The highest BCUT2D eigenvalue weighted by atomic mass is 16.1. The molecular formula is C17H20N2O. The number of aryl methyl sites for hydroxylation is 1. The average Bonchev–Trinajstić information content (AvgIpc) is 2.46. The van der Waals surface area contributed by atoms with Gasteiger partial charge in [-0.05, 0) is 41.8 Å². The zero-order chi connectivity index (χ0) is 14.4. The molecule has 104 valence electrons. The Kier molecular flexibility index (Phi) is 4.77. The summed E-state index contributed by atoms with van der Waals surface area (Å²) in [6.07, 6.45) is 1.07. The van der Waals surface area contributed by atoms with Gasteiger partial charge in [0, 0.05) is 24.8 Å². The average molecular weight is 268 g/mol. The largest absolute Gasteiger partial charge is 0.381 e. The second-order valence-electron chi connectivity index (χ2n) is 4.78. The molecular weight excluding hydrogens is 248 g/mol. The predicted octanol–water partition coefficient (Wildman–Crippen LogP) is 3.82. The third-order valence-corrected chi connectivity index (χ3v) is 3.13. The van der Waals surface area contributed by atoms with E-state index in [4.69, 9.17) is 0 Å². The van der Waals surface area contributed by atoms with Crippen LogP contribution in [0.3, 0.4) is 0 Å². The fraction of sp³-hybridized carbons (Fsp3) is 0.235. The van der Waals surface area contributed by atoms with E-state index in [1.807, 2.05) is 24.3 Å². The molecule has 0 spiro atoms. The zero-order valence-corrected chi connectivity index (χ0v) is 11.9. The van der Waals surface area contributed by atoms with Crippen molar-refractivity contribution in [1.29, 1.82) is 0 Å². The minimum Gasteiger partial charge on any atom is -0.381 e. The number of carbonyl (C=O) groups is 1. The molecule has 3 nitrogen and oxygen atoms in total. The fourth-order valence-electron chi connectivity index (χ4n) is 1.97. The molecule has 0 atom stereocenters. The van der Waals surface area contributed by atoms with Crippen molar-refractivity contribution in [3.05, 3.63) is 59.7 Å². The first kappa shape index (κ1) is 14.1. The summed E-state index contributed by atoms with van der Waals surface area (Å²) in [5.41, 5.74) is 4.47. The summed E-state index contributed by atoms with van der Waals surface area (Å²) < 4.78 is 0. The standard InChI is InChI=1S/C17H20N2O/c1-3-14-4-6-15(7-5-14)12-18-16-8-10-17(11-9-16)19-13(2)20/h4-11,18H,3,12H2,1-2H3,(H,19,20). The van der Waals surface area contributed by atoms with Crippen LogP contribution in [0.2, 0.25) is 0 Å². The molecule has 0 saturated heterocycles. The van der Waals surface area contributed by atoms with Crippen LogP contribution in [0.1, 0.15) is 25.0 Å². The van der Waals surface area contributed by atoms with Crippen LogP contribution in [-0.4, -0.2) is 5.91 Å². The highest BCUT2D eigenvalue weighted by Crippen LogP contribution is 2.15. The molecule has 1 amide bonds. The van der Waals surface area contributed by atoms with Crippen molar-refractivity contribution < 1.29 is 4.79 Å². The Morgan fingerprint density at radius 3 is 2.00 bits per heavy atom. The van der Waals surface area contributed by atoms with E-state index in [2.05, 4.69) is 41.8 Å². The minimum absolute atomic E-state index is 0.0540. The molecule has 2 aromatic rings. The van der Waals surface area contributed by atoms with Gasteiger partial charge >= 0.3 is 0 Å². The van der Waals surface area contributed by atoms with E-state index >= 15 is 0 Å². The molecule has 0 radical (unpaired) electrons. The lowest BCUT2D eigenvalue weighted by atomic mass is 10.1. The van der Waals surface area contributed by atoms with Crippen LogP contribution in [0.4, 0.5) is 11.4 Å². The minimum atomic E-state index is -0.0540. The van der Waals surface area contributed by atoms with Gasteiger partial charge in [-0.25, -0.2) is 0 Å². The molecule has 0 bridgehead atoms. The molecule has 0 saturated carbocycles. The Morgan fingerprint density at radius 2 is 1.45 bits per heavy atom. The molecule has 0 aliphatic rings. The van der Waals surface area contributed by atoms with Crippen LogP contribution in [0, 0.1) is 0 Å². The third kappa shape index (κ3) is 4.12. The highest BCUT2D eigenvalue weighted by molar-refractivity contribution is 5.88. The molecule has 2 aromatic carbocycles. The van der Waals surface area contributed by atoms with E-state index in [1.165, 1.54) is 18.1 Å². The monoisotopic (exact) mass is 268 g/mol. The van der Waals surface area contributed by atoms with Crippen molar-refractivity contribution in [2.75, 3.05) is 10.6 Å². The Morgan fingerprint density at radius 1 is 0.900 bits per heavy atom. The van der Waals surface area contributed by atoms with Crippen molar-refractivity contribution in [1.82, 2.24) is 0 Å². The fourth-order valence-corrected chi connectivity index (χ4v) is 1.97. The number of hydrogen-bond acceptors (Lipinski definition) is 2. The van der Waals surface area contributed by atoms with Gasteiger partial charge < -0.3 is 10.6 Å². The van der Waals surface area contributed by atoms with Crippen molar-refractivity contribution in [3.63, 3.8) is 0 Å². The Hall–Kier alpha value is -2.29. The summed E-state index contributed by atoms with van der Waals surface area (Å²) in [6, 6.07) is 16.3. The van der Waals surface area contributed by atoms with E-state index in [0.717, 1.165) is 24.3 Å². The smallest absolute Gasteiger partial charge is 0.221 e. The van der Waals surface area contributed by atoms with Gasteiger partial charge in [-0.2, -0.15) is 0 Å². The van der Waals surface area contributed by atoms with Crippen molar-refractivity contribution >= 4 is 17.3 Å². The number of carbonyl (C=O) groups excluding carboxylic acids is 1. The van der Waals surface area contributed by atoms with Gasteiger partial charge in [0.25, 0.3) is 0 Å². The van der Waals surface area contributed by atoms with Gasteiger partial charge in [-0.1, -0.05) is 31.2 Å². The first-order valence-electron chi connectivity index (χ1n) is 6.86. The SMILES string of the molecule is CCc1ccc(CNc2ccc(NC(C)=O)cc2)cc1. The summed E-state index contributed by atoms with van der Waals surface area (Å²) in [5.74, 6) is -0.0540. The predicted molar refractivity (Wildman–Crippen MR) is 83.9 cm³/mol. The van der Waals surface area contributed by atoms with Crippen LogP contribution in [0.5, 0.6) is 0 Å². The van der Waals surface area contributed by atoms with Gasteiger partial charge in [0.1, 0.15) is 0 Å². The summed E-state index contributed by atoms with van der Waals surface area (Å²) in [6.45, 7) is 4.46. The van der Waals surface area contributed by atoms with E-state index in [-0.39, 0.29) is 5.91 Å². The number of amides is 1. The maximum atomic E-state index is 10.9. The van der Waals surface area contributed by atoms with Crippen LogP contribution < -0.4 is 10.6 Å². The maximum Gasteiger partial charge on any atom is 0.221 e. The van der Waals surface area contributed by atoms with E-state index < -0.39 is 0 Å². The highest BCUT2D eigenvalue weighted by Gasteiger charge is 1.97. The van der Waals surface area contributed by atoms with Crippen LogP contribution in [0.15, 0.2) is 48.5 Å². The summed E-state index contributed by atoms with van der Waals surface area (Å²) in [7, 11) is 0. The first-order valence-corrected chi connectivity index (χ1v) is 6.86. The number of nitrogens with one attached hydrogen (secondary N) is 2. The molecule has 0 fully saturated rings. The lowest BCUT2D eigenvalue weighted by molar-refractivity contribution is -0.114. The van der Waals surface area contributed by atoms with Gasteiger partial charge in [-0.15, -0.1) is 0 Å². The second kappa shape index (κ2) is 6.75. The first-order chi connectivity index (χ1) is 9.67. The normalized spacial score (nSPS) is 10.1. The Balaban J connectivity index is 1.91. The Bertz CT molecular complexity index is 559. The summed E-state index contributed by atoms with van der Waals surface area (Å²) in [5, 5.41) is 6.12. The molecule has 0 aliphatic carbocycles. The van der Waals surface area contributed by atoms with Crippen molar-refractivity contribution in [2.24, 2.45) is 0 Å². The van der Waals surface area contributed by atoms with Crippen LogP contribution >= 0.6 is 0 Å². The van der Waals surface area contributed by atoms with Gasteiger partial charge in [-0.3, -0.25) is 4.79 Å². The number of anilines is 2. The van der Waals surface area contributed by atoms with Crippen molar-refractivity contribution in [2.45, 2.75) is 26.8 Å². The topological polar surface area (TPSA) is 41.1 Å². The molecule has 0 aliphatic heterocycles. The summed E-state index contributed by atoms with van der Waals surface area (Å²) in [4.78, 5) is 10.9. The van der Waals surface area contributed by atoms with E-state index in [9.17, 15) is 4.79 Å².